The van der Waals surface area contributed by atoms with E-state index in [0.29, 0.717) is 18.4 Å². The Morgan fingerprint density at radius 2 is 1.34 bits per heavy atom. The average molecular weight is 969 g/mol. The van der Waals surface area contributed by atoms with Crippen molar-refractivity contribution < 1.29 is 92.7 Å². The van der Waals surface area contributed by atoms with Crippen molar-refractivity contribution in [2.45, 2.75) is 235 Å². The van der Waals surface area contributed by atoms with Crippen molar-refractivity contribution in [1.82, 2.24) is 0 Å². The highest BCUT2D eigenvalue weighted by atomic mass is 16.8. The first-order chi connectivity index (χ1) is 32.2. The molecule has 1 unspecified atom stereocenters. The second-order valence-corrected chi connectivity index (χ2v) is 22.1. The quantitative estimate of drug-likeness (QED) is 0.115. The van der Waals surface area contributed by atoms with Crippen LogP contribution in [-0.2, 0) is 57.0 Å². The van der Waals surface area contributed by atoms with Crippen molar-refractivity contribution in [2.24, 2.45) is 34.5 Å². The fourth-order valence-electron chi connectivity index (χ4n) is 14.6. The highest BCUT2D eigenvalue weighted by Gasteiger charge is 2.68. The molecule has 9 rings (SSSR count). The van der Waals surface area contributed by atoms with Crippen LogP contribution in [-0.4, -0.2) is 177 Å². The number of esters is 2. The highest BCUT2D eigenvalue weighted by Crippen LogP contribution is 2.70. The zero-order valence-corrected chi connectivity index (χ0v) is 40.2. The van der Waals surface area contributed by atoms with E-state index in [-0.39, 0.29) is 54.0 Å². The number of rotatable bonds is 11. The van der Waals surface area contributed by atoms with Crippen LogP contribution in [0.15, 0.2) is 11.6 Å². The van der Waals surface area contributed by atoms with Gasteiger partial charge in [0.2, 0.25) is 0 Å². The van der Waals surface area contributed by atoms with E-state index in [4.69, 9.17) is 47.4 Å². The Labute approximate surface area is 398 Å². The first-order valence-electron chi connectivity index (χ1n) is 25.2. The van der Waals surface area contributed by atoms with Crippen LogP contribution in [0.25, 0.3) is 0 Å². The molecule has 0 aromatic heterocycles. The van der Waals surface area contributed by atoms with E-state index in [2.05, 4.69) is 13.8 Å². The Bertz CT molecular complexity index is 1810. The van der Waals surface area contributed by atoms with Gasteiger partial charge in [0, 0.05) is 37.7 Å². The van der Waals surface area contributed by atoms with Gasteiger partial charge in [0.15, 0.2) is 25.2 Å². The number of carbonyl (C=O) groups is 2. The van der Waals surface area contributed by atoms with Gasteiger partial charge in [0.1, 0.15) is 55.4 Å². The molecule has 5 heterocycles. The zero-order valence-electron chi connectivity index (χ0n) is 40.2. The van der Waals surface area contributed by atoms with Gasteiger partial charge in [-0.15, -0.1) is 0 Å². The smallest absolute Gasteiger partial charge is 0.331 e. The Kier molecular flexibility index (Phi) is 14.9. The summed E-state index contributed by atoms with van der Waals surface area (Å²) in [5, 5.41) is 76.1. The predicted octanol–water partition coefficient (Wildman–Crippen LogP) is 1.64. The number of carbonyl (C=O) groups excluding carboxylic acids is 2. The van der Waals surface area contributed by atoms with Crippen molar-refractivity contribution >= 4 is 11.9 Å². The van der Waals surface area contributed by atoms with Crippen LogP contribution in [0, 0.1) is 34.5 Å². The van der Waals surface area contributed by atoms with E-state index < -0.39 is 123 Å². The predicted molar refractivity (Wildman–Crippen MR) is 233 cm³/mol. The van der Waals surface area contributed by atoms with Crippen LogP contribution in [0.1, 0.15) is 119 Å². The Morgan fingerprint density at radius 1 is 0.706 bits per heavy atom. The molecule has 0 radical (unpaired) electrons. The van der Waals surface area contributed by atoms with E-state index in [1.807, 2.05) is 6.92 Å². The molecular formula is C49H76O19. The minimum Gasteiger partial charge on any atom is -0.459 e. The van der Waals surface area contributed by atoms with E-state index >= 15 is 0 Å². The van der Waals surface area contributed by atoms with Crippen LogP contribution in [0.2, 0.25) is 0 Å². The maximum absolute atomic E-state index is 12.6. The topological polar surface area (TPSA) is 268 Å². The minimum absolute atomic E-state index is 0.0126. The molecule has 8 fully saturated rings. The lowest BCUT2D eigenvalue weighted by Crippen LogP contribution is -2.62. The number of fused-ring (bicyclic) bond motifs is 5. The molecule has 19 nitrogen and oxygen atoms in total. The molecule has 386 valence electrons. The zero-order chi connectivity index (χ0) is 48.6. The van der Waals surface area contributed by atoms with E-state index in [0.717, 1.165) is 63.4 Å². The molecule has 68 heavy (non-hydrogen) atoms. The fourth-order valence-corrected chi connectivity index (χ4v) is 14.6. The van der Waals surface area contributed by atoms with Crippen molar-refractivity contribution in [1.29, 1.82) is 0 Å². The largest absolute Gasteiger partial charge is 0.459 e. The van der Waals surface area contributed by atoms with Gasteiger partial charge in [-0.2, -0.15) is 0 Å². The van der Waals surface area contributed by atoms with Crippen LogP contribution in [0.5, 0.6) is 0 Å². The summed E-state index contributed by atoms with van der Waals surface area (Å²) in [6.07, 6.45) is -7.65. The van der Waals surface area contributed by atoms with E-state index in [1.54, 1.807) is 19.9 Å². The normalized spacial score (nSPS) is 52.8. The lowest BCUT2D eigenvalue weighted by atomic mass is 9.43. The molecule has 4 aliphatic carbocycles. The number of cyclic esters (lactones) is 1. The number of ether oxygens (including phenoxy) is 10. The van der Waals surface area contributed by atoms with Crippen LogP contribution in [0.4, 0.5) is 0 Å². The molecule has 4 saturated heterocycles. The molecule has 19 heteroatoms. The van der Waals surface area contributed by atoms with E-state index in [9.17, 15) is 45.3 Å². The molecule has 4 saturated carbocycles. The monoisotopic (exact) mass is 968 g/mol. The summed E-state index contributed by atoms with van der Waals surface area (Å²) in [4.78, 5) is 24.2. The molecule has 0 aromatic carbocycles. The molecule has 0 aromatic rings. The standard InChI is InChI=1S/C49H76O19/c1-22-43(66-38-18-33(53)44(23(2)61-38)67-39-19-34(63-25(4)51)45(24(3)62-39)68-46-42(57)41(56)40(55)35(20-50)65-46)32(52)17-37(60-22)64-28-9-12-47(5)27(16-28)7-8-31-30(47)10-13-48(6)29(11-14-49(31,48)58)26-15-36(54)59-21-26/h15,22-24,27-35,37-46,50,52-53,55-58H,7-14,16-21H2,1-6H3/t22-,23-,24?,27-,28+,29-,30+,31-,32+,33+,34+,35-,37+,38+,39+,40-,41+,42-,43-,44-,45-,46+,47+,48-,49+/m1/s1. The summed E-state index contributed by atoms with van der Waals surface area (Å²) in [5.74, 6) is 0.357. The van der Waals surface area contributed by atoms with Gasteiger partial charge in [-0.25, -0.2) is 4.79 Å². The maximum Gasteiger partial charge on any atom is 0.331 e. The molecule has 0 amide bonds. The summed E-state index contributed by atoms with van der Waals surface area (Å²) < 4.78 is 60.2. The van der Waals surface area contributed by atoms with Gasteiger partial charge in [-0.3, -0.25) is 4.79 Å². The van der Waals surface area contributed by atoms with Crippen molar-refractivity contribution in [2.75, 3.05) is 13.2 Å². The molecular weight excluding hydrogens is 893 g/mol. The Morgan fingerprint density at radius 3 is 1.94 bits per heavy atom. The second-order valence-electron chi connectivity index (χ2n) is 22.1. The van der Waals surface area contributed by atoms with Crippen LogP contribution < -0.4 is 0 Å². The third-order valence-electron chi connectivity index (χ3n) is 18.3. The molecule has 0 spiro atoms. The highest BCUT2D eigenvalue weighted by molar-refractivity contribution is 5.85. The Balaban J connectivity index is 0.746. The Hall–Kier alpha value is -1.92. The van der Waals surface area contributed by atoms with Gasteiger partial charge in [-0.1, -0.05) is 13.8 Å². The third kappa shape index (κ3) is 9.36. The number of hydrogen-bond donors (Lipinski definition) is 7. The first-order valence-corrected chi connectivity index (χ1v) is 25.2. The lowest BCUT2D eigenvalue weighted by molar-refractivity contribution is -0.355. The molecule has 9 aliphatic rings. The van der Waals surface area contributed by atoms with Crippen LogP contribution >= 0.6 is 0 Å². The first kappa shape index (κ1) is 51.0. The molecule has 7 N–H and O–H groups in total. The summed E-state index contributed by atoms with van der Waals surface area (Å²) in [7, 11) is 0. The molecule has 25 atom stereocenters. The third-order valence-corrected chi connectivity index (χ3v) is 18.3. The van der Waals surface area contributed by atoms with Gasteiger partial charge >= 0.3 is 11.9 Å². The lowest BCUT2D eigenvalue weighted by Gasteiger charge is -2.64. The van der Waals surface area contributed by atoms with Crippen molar-refractivity contribution in [3.63, 3.8) is 0 Å². The van der Waals surface area contributed by atoms with Crippen molar-refractivity contribution in [3.05, 3.63) is 11.6 Å². The van der Waals surface area contributed by atoms with Gasteiger partial charge in [0.25, 0.3) is 0 Å². The fraction of sp³-hybridized carbons (Fsp3) is 0.918. The summed E-state index contributed by atoms with van der Waals surface area (Å²) >= 11 is 0. The van der Waals surface area contributed by atoms with Gasteiger partial charge < -0.3 is 83.1 Å². The van der Waals surface area contributed by atoms with Crippen molar-refractivity contribution in [3.8, 4) is 0 Å². The van der Waals surface area contributed by atoms with Gasteiger partial charge in [-0.05, 0) is 113 Å². The SMILES string of the molecule is CC(=O)O[C@H]1C[C@H](O[C@H]2[C@@H](O)C[C@H](O[C@H]3[C@@H](O)C[C@H](O[C@H]4CC[C@@]5(C)[C@H](CC[C@@H]6[C@@H]5CC[C@]5(C)[C@@H](C7=CC(=O)OC7)CC[C@]65O)C4)O[C@@H]3C)O[C@@H]2C)OC(C)[C@H]1O[C@@H]1O[C@H](CO)[C@@H](O)[C@H](O)[C@H]1O. The van der Waals surface area contributed by atoms with E-state index in [1.165, 1.54) is 6.92 Å². The number of aliphatic hydroxyl groups is 7. The number of aliphatic hydroxyl groups excluding tert-OH is 6. The van der Waals surface area contributed by atoms with Crippen LogP contribution in [0.3, 0.4) is 0 Å². The molecule has 0 bridgehead atoms. The minimum atomic E-state index is -1.68. The maximum atomic E-state index is 12.6. The number of hydrogen-bond acceptors (Lipinski definition) is 19. The molecule has 5 aliphatic heterocycles. The summed E-state index contributed by atoms with van der Waals surface area (Å²) in [6.45, 7) is 10.8. The summed E-state index contributed by atoms with van der Waals surface area (Å²) in [6, 6.07) is 0. The average Bonchev–Trinajstić information content (AvgIpc) is 3.83. The second kappa shape index (κ2) is 19.8. The summed E-state index contributed by atoms with van der Waals surface area (Å²) in [5.41, 5.74) is 0.0925. The van der Waals surface area contributed by atoms with Gasteiger partial charge in [0.05, 0.1) is 48.8 Å².